The van der Waals surface area contributed by atoms with Gasteiger partial charge in [0.1, 0.15) is 0 Å². The van der Waals surface area contributed by atoms with Crippen LogP contribution in [0.15, 0.2) is 46.9 Å². The molecule has 19 heavy (non-hydrogen) atoms. The molecular weight excluding hydrogens is 302 g/mol. The summed E-state index contributed by atoms with van der Waals surface area (Å²) in [5.41, 5.74) is 4.58. The molecule has 1 heterocycles. The number of halogens is 1. The second kappa shape index (κ2) is 5.08. The summed E-state index contributed by atoms with van der Waals surface area (Å²) in [6, 6.07) is 14.3. The van der Waals surface area contributed by atoms with Crippen molar-refractivity contribution in [3.05, 3.63) is 69.2 Å². The molecule has 1 aliphatic heterocycles. The minimum atomic E-state index is -0.543. The fourth-order valence-corrected chi connectivity index (χ4v) is 3.39. The van der Waals surface area contributed by atoms with Crippen molar-refractivity contribution in [2.24, 2.45) is 0 Å². The van der Waals surface area contributed by atoms with Gasteiger partial charge in [0.2, 0.25) is 0 Å². The topological polar surface area (TPSA) is 32.3 Å². The number of benzene rings is 2. The van der Waals surface area contributed by atoms with E-state index >= 15 is 0 Å². The Morgan fingerprint density at radius 3 is 2.84 bits per heavy atom. The number of aliphatic hydroxyl groups excluding tert-OH is 1. The summed E-state index contributed by atoms with van der Waals surface area (Å²) in [4.78, 5) is 0. The third-order valence-corrected chi connectivity index (χ3v) is 4.38. The van der Waals surface area contributed by atoms with Gasteiger partial charge in [-0.05, 0) is 35.2 Å². The molecule has 0 amide bonds. The van der Waals surface area contributed by atoms with Crippen molar-refractivity contribution < 1.29 is 5.11 Å². The molecule has 98 valence electrons. The molecule has 0 fully saturated rings. The standard InChI is InChI=1S/C16H16BrNO/c1-10-6-7-13(14(17)8-10)16(19)15-12-5-3-2-4-11(12)9-18-15/h2-8,15-16,18-19H,9H2,1H3. The van der Waals surface area contributed by atoms with Crippen LogP contribution in [0.25, 0.3) is 0 Å². The minimum Gasteiger partial charge on any atom is -0.386 e. The van der Waals surface area contributed by atoms with E-state index in [9.17, 15) is 5.11 Å². The lowest BCUT2D eigenvalue weighted by Gasteiger charge is -2.21. The predicted molar refractivity (Wildman–Crippen MR) is 79.9 cm³/mol. The highest BCUT2D eigenvalue weighted by molar-refractivity contribution is 9.10. The average molecular weight is 318 g/mol. The van der Waals surface area contributed by atoms with E-state index in [-0.39, 0.29) is 6.04 Å². The summed E-state index contributed by atoms with van der Waals surface area (Å²) in [7, 11) is 0. The Morgan fingerprint density at radius 2 is 2.05 bits per heavy atom. The summed E-state index contributed by atoms with van der Waals surface area (Å²) in [6.07, 6.45) is -0.543. The van der Waals surface area contributed by atoms with Crippen LogP contribution >= 0.6 is 15.9 Å². The van der Waals surface area contributed by atoms with E-state index < -0.39 is 6.10 Å². The van der Waals surface area contributed by atoms with E-state index in [1.807, 2.05) is 37.3 Å². The number of fused-ring (bicyclic) bond motifs is 1. The van der Waals surface area contributed by atoms with Gasteiger partial charge in [-0.3, -0.25) is 0 Å². The normalized spacial score (nSPS) is 19.2. The van der Waals surface area contributed by atoms with Gasteiger partial charge in [-0.25, -0.2) is 0 Å². The number of aliphatic hydroxyl groups is 1. The summed E-state index contributed by atoms with van der Waals surface area (Å²) >= 11 is 3.55. The van der Waals surface area contributed by atoms with Crippen LogP contribution in [0.3, 0.4) is 0 Å². The van der Waals surface area contributed by atoms with Crippen molar-refractivity contribution >= 4 is 15.9 Å². The highest BCUT2D eigenvalue weighted by Gasteiger charge is 2.29. The molecule has 2 aromatic carbocycles. The third-order valence-electron chi connectivity index (χ3n) is 3.69. The van der Waals surface area contributed by atoms with Gasteiger partial charge in [0, 0.05) is 11.0 Å². The summed E-state index contributed by atoms with van der Waals surface area (Å²) in [5, 5.41) is 14.0. The van der Waals surface area contributed by atoms with Crippen LogP contribution in [0, 0.1) is 6.92 Å². The third kappa shape index (κ3) is 2.34. The molecule has 0 saturated heterocycles. The fourth-order valence-electron chi connectivity index (χ4n) is 2.66. The first kappa shape index (κ1) is 12.9. The number of aryl methyl sites for hydroxylation is 1. The predicted octanol–water partition coefficient (Wildman–Crippen LogP) is 3.64. The SMILES string of the molecule is Cc1ccc(C(O)C2NCc3ccccc32)c(Br)c1. The van der Waals surface area contributed by atoms with Crippen LogP contribution in [-0.4, -0.2) is 5.11 Å². The number of rotatable bonds is 2. The molecule has 2 N–H and O–H groups in total. The summed E-state index contributed by atoms with van der Waals surface area (Å²) in [5.74, 6) is 0. The Morgan fingerprint density at radius 1 is 1.26 bits per heavy atom. The first-order valence-corrected chi connectivity index (χ1v) is 7.21. The van der Waals surface area contributed by atoms with Crippen LogP contribution in [0.2, 0.25) is 0 Å². The van der Waals surface area contributed by atoms with Gasteiger partial charge >= 0.3 is 0 Å². The maximum Gasteiger partial charge on any atom is 0.0995 e. The number of hydrogen-bond donors (Lipinski definition) is 2. The first-order chi connectivity index (χ1) is 9.16. The largest absolute Gasteiger partial charge is 0.386 e. The highest BCUT2D eigenvalue weighted by Crippen LogP contribution is 2.37. The van der Waals surface area contributed by atoms with Gasteiger partial charge in [0.25, 0.3) is 0 Å². The smallest absolute Gasteiger partial charge is 0.0995 e. The molecule has 0 spiro atoms. The Hall–Kier alpha value is -1.16. The van der Waals surface area contributed by atoms with Crippen LogP contribution in [0.4, 0.5) is 0 Å². The molecule has 3 rings (SSSR count). The maximum atomic E-state index is 10.6. The van der Waals surface area contributed by atoms with E-state index in [0.717, 1.165) is 16.6 Å². The Kier molecular flexibility index (Phi) is 3.44. The van der Waals surface area contributed by atoms with Gasteiger partial charge in [0.05, 0.1) is 12.1 Å². The van der Waals surface area contributed by atoms with E-state index in [4.69, 9.17) is 0 Å². The van der Waals surface area contributed by atoms with E-state index in [2.05, 4.69) is 33.4 Å². The molecule has 2 atom stereocenters. The molecule has 1 aliphatic rings. The van der Waals surface area contributed by atoms with Gasteiger partial charge in [-0.2, -0.15) is 0 Å². The van der Waals surface area contributed by atoms with Gasteiger partial charge in [-0.15, -0.1) is 0 Å². The zero-order chi connectivity index (χ0) is 13.4. The molecule has 3 heteroatoms. The summed E-state index contributed by atoms with van der Waals surface area (Å²) < 4.78 is 0.964. The van der Waals surface area contributed by atoms with Crippen molar-refractivity contribution in [1.82, 2.24) is 5.32 Å². The zero-order valence-corrected chi connectivity index (χ0v) is 12.3. The lowest BCUT2D eigenvalue weighted by molar-refractivity contribution is 0.133. The van der Waals surface area contributed by atoms with Gasteiger partial charge in [-0.1, -0.05) is 52.3 Å². The Bertz CT molecular complexity index is 611. The van der Waals surface area contributed by atoms with Crippen molar-refractivity contribution in [1.29, 1.82) is 0 Å². The van der Waals surface area contributed by atoms with E-state index in [0.29, 0.717) is 0 Å². The second-order valence-corrected chi connectivity index (χ2v) is 5.88. The number of hydrogen-bond acceptors (Lipinski definition) is 2. The van der Waals surface area contributed by atoms with Crippen molar-refractivity contribution in [2.45, 2.75) is 25.6 Å². The quantitative estimate of drug-likeness (QED) is 0.886. The summed E-state index contributed by atoms with van der Waals surface area (Å²) in [6.45, 7) is 2.87. The molecule has 0 radical (unpaired) electrons. The van der Waals surface area contributed by atoms with E-state index in [1.165, 1.54) is 16.7 Å². The monoisotopic (exact) mass is 317 g/mol. The molecule has 0 bridgehead atoms. The maximum absolute atomic E-state index is 10.6. The molecule has 0 aliphatic carbocycles. The van der Waals surface area contributed by atoms with E-state index in [1.54, 1.807) is 0 Å². The molecule has 2 nitrogen and oxygen atoms in total. The van der Waals surface area contributed by atoms with Crippen LogP contribution in [0.5, 0.6) is 0 Å². The lowest BCUT2D eigenvalue weighted by atomic mass is 9.95. The first-order valence-electron chi connectivity index (χ1n) is 6.42. The van der Waals surface area contributed by atoms with Crippen molar-refractivity contribution in [3.8, 4) is 0 Å². The molecule has 2 aromatic rings. The van der Waals surface area contributed by atoms with Gasteiger partial charge < -0.3 is 10.4 Å². The van der Waals surface area contributed by atoms with Crippen LogP contribution in [-0.2, 0) is 6.54 Å². The Labute approximate surface area is 121 Å². The van der Waals surface area contributed by atoms with Crippen LogP contribution < -0.4 is 5.32 Å². The Balaban J connectivity index is 1.95. The van der Waals surface area contributed by atoms with Crippen molar-refractivity contribution in [2.75, 3.05) is 0 Å². The van der Waals surface area contributed by atoms with Crippen molar-refractivity contribution in [3.63, 3.8) is 0 Å². The average Bonchev–Trinajstić information content (AvgIpc) is 2.82. The molecule has 0 aromatic heterocycles. The van der Waals surface area contributed by atoms with Crippen LogP contribution in [0.1, 0.15) is 34.4 Å². The fraction of sp³-hybridized carbons (Fsp3) is 0.250. The zero-order valence-electron chi connectivity index (χ0n) is 10.7. The highest BCUT2D eigenvalue weighted by atomic mass is 79.9. The molecule has 0 saturated carbocycles. The minimum absolute atomic E-state index is 0.0322. The lowest BCUT2D eigenvalue weighted by Crippen LogP contribution is -2.20. The second-order valence-electron chi connectivity index (χ2n) is 5.03. The van der Waals surface area contributed by atoms with Gasteiger partial charge in [0.15, 0.2) is 0 Å². The molecular formula is C16H16BrNO. The molecule has 2 unspecified atom stereocenters. The number of nitrogens with one attached hydrogen (secondary N) is 1.